The number of rotatable bonds is 10. The molecule has 1 aliphatic rings. The molecule has 3 heterocycles. The summed E-state index contributed by atoms with van der Waals surface area (Å²) in [5.74, 6) is -1.48. The molecule has 0 unspecified atom stereocenters. The Kier molecular flexibility index (Phi) is 8.21. The van der Waals surface area contributed by atoms with Crippen LogP contribution < -0.4 is 5.32 Å². The normalized spacial score (nSPS) is 15.7. The fourth-order valence-electron chi connectivity index (χ4n) is 3.15. The number of hydrogen-bond donors (Lipinski definition) is 2. The minimum atomic E-state index is -3.65. The van der Waals surface area contributed by atoms with Gasteiger partial charge in [-0.2, -0.15) is 0 Å². The van der Waals surface area contributed by atoms with Crippen LogP contribution in [0.3, 0.4) is 0 Å². The molecule has 0 spiro atoms. The molecular weight excluding hydrogens is 422 g/mol. The molecule has 1 saturated heterocycles. The van der Waals surface area contributed by atoms with Crippen molar-refractivity contribution in [2.24, 2.45) is 0 Å². The van der Waals surface area contributed by atoms with Crippen LogP contribution in [0.4, 0.5) is 0 Å². The number of aliphatic hydroxyl groups is 1. The van der Waals surface area contributed by atoms with E-state index in [0.717, 1.165) is 44.1 Å². The minimum absolute atomic E-state index is 0.0582. The largest absolute Gasteiger partial charge is 0.511 e. The predicted octanol–water partition coefficient (Wildman–Crippen LogP) is 1.22. The maximum atomic E-state index is 12.0. The van der Waals surface area contributed by atoms with Crippen molar-refractivity contribution in [3.63, 3.8) is 0 Å². The van der Waals surface area contributed by atoms with Gasteiger partial charge in [0.2, 0.25) is 5.91 Å². The summed E-state index contributed by atoms with van der Waals surface area (Å²) in [7, 11) is -3.65. The van der Waals surface area contributed by atoms with Gasteiger partial charge in [0.25, 0.3) is 0 Å². The predicted molar refractivity (Wildman–Crippen MR) is 114 cm³/mol. The van der Waals surface area contributed by atoms with Crippen LogP contribution in [0, 0.1) is 0 Å². The summed E-state index contributed by atoms with van der Waals surface area (Å²) >= 11 is 0. The zero-order chi connectivity index (χ0) is 22.1. The Morgan fingerprint density at radius 3 is 2.84 bits per heavy atom. The first-order valence-corrected chi connectivity index (χ1v) is 11.8. The lowest BCUT2D eigenvalue weighted by Gasteiger charge is -2.26. The summed E-state index contributed by atoms with van der Waals surface area (Å²) in [4.78, 5) is 18.5. The van der Waals surface area contributed by atoms with Crippen molar-refractivity contribution in [1.29, 1.82) is 0 Å². The minimum Gasteiger partial charge on any atom is -0.511 e. The second kappa shape index (κ2) is 11.1. The van der Waals surface area contributed by atoms with Gasteiger partial charge >= 0.3 is 0 Å². The van der Waals surface area contributed by atoms with Crippen LogP contribution >= 0.6 is 0 Å². The van der Waals surface area contributed by atoms with Crippen molar-refractivity contribution in [3.05, 3.63) is 65.6 Å². The van der Waals surface area contributed by atoms with Crippen LogP contribution in [-0.4, -0.2) is 67.9 Å². The third kappa shape index (κ3) is 8.16. The molecule has 0 aromatic carbocycles. The van der Waals surface area contributed by atoms with Gasteiger partial charge in [-0.05, 0) is 35.9 Å². The van der Waals surface area contributed by atoms with Gasteiger partial charge in [0.1, 0.15) is 23.0 Å². The van der Waals surface area contributed by atoms with E-state index in [1.54, 1.807) is 18.3 Å². The van der Waals surface area contributed by atoms with E-state index in [1.807, 2.05) is 12.1 Å². The molecule has 1 aliphatic heterocycles. The number of ether oxygens (including phenoxy) is 1. The Morgan fingerprint density at radius 2 is 2.10 bits per heavy atom. The van der Waals surface area contributed by atoms with E-state index in [4.69, 9.17) is 9.15 Å². The fourth-order valence-corrected chi connectivity index (χ4v) is 4.35. The van der Waals surface area contributed by atoms with Crippen LogP contribution in [0.25, 0.3) is 0 Å². The maximum Gasteiger partial charge on any atom is 0.235 e. The van der Waals surface area contributed by atoms with Crippen LogP contribution in [0.1, 0.15) is 17.0 Å². The molecule has 2 aromatic rings. The van der Waals surface area contributed by atoms with Crippen molar-refractivity contribution in [2.75, 3.05) is 38.6 Å². The molecule has 10 heteroatoms. The molecule has 0 atom stereocenters. The number of carbonyl (C=O) groups is 1. The molecule has 1 amide bonds. The number of furan rings is 1. The first-order chi connectivity index (χ1) is 14.9. The highest BCUT2D eigenvalue weighted by molar-refractivity contribution is 7.91. The van der Waals surface area contributed by atoms with E-state index >= 15 is 0 Å². The van der Waals surface area contributed by atoms with E-state index in [0.29, 0.717) is 6.42 Å². The average molecular weight is 450 g/mol. The molecule has 3 rings (SSSR count). The van der Waals surface area contributed by atoms with E-state index in [2.05, 4.69) is 15.2 Å². The van der Waals surface area contributed by atoms with Crippen LogP contribution in [0.2, 0.25) is 0 Å². The maximum absolute atomic E-state index is 12.0. The highest BCUT2D eigenvalue weighted by Crippen LogP contribution is 2.10. The van der Waals surface area contributed by atoms with Gasteiger partial charge < -0.3 is 19.6 Å². The van der Waals surface area contributed by atoms with Crippen molar-refractivity contribution >= 4 is 15.7 Å². The standard InChI is InChI=1S/C21H27N3O6S/c25-19(13-23-21(26)16-31(27,28)15-20-2-1-9-30-20)4-3-18-12-17(5-6-22-18)14-24-7-10-29-11-8-24/h1-2,4-6,9,12,25H,3,7-8,10-11,13-16H2,(H,23,26). The van der Waals surface area contributed by atoms with Crippen LogP contribution in [0.15, 0.2) is 53.0 Å². The number of aliphatic hydroxyl groups excluding tert-OH is 1. The molecule has 0 saturated carbocycles. The third-order valence-electron chi connectivity index (χ3n) is 4.70. The Morgan fingerprint density at radius 1 is 1.29 bits per heavy atom. The number of amides is 1. The second-order valence-electron chi connectivity index (χ2n) is 7.33. The lowest BCUT2D eigenvalue weighted by molar-refractivity contribution is -0.118. The summed E-state index contributed by atoms with van der Waals surface area (Å²) in [5.41, 5.74) is 1.93. The molecule has 168 valence electrons. The number of carbonyl (C=O) groups excluding carboxylic acids is 1. The summed E-state index contributed by atoms with van der Waals surface area (Å²) in [6.45, 7) is 3.94. The zero-order valence-corrected chi connectivity index (χ0v) is 18.0. The van der Waals surface area contributed by atoms with Gasteiger partial charge in [-0.1, -0.05) is 0 Å². The molecule has 0 aliphatic carbocycles. The Hall–Kier alpha value is -2.69. The summed E-state index contributed by atoms with van der Waals surface area (Å²) in [6, 6.07) is 7.07. The van der Waals surface area contributed by atoms with Gasteiger partial charge in [0.05, 0.1) is 26.0 Å². The molecular formula is C21H27N3O6S. The molecule has 0 radical (unpaired) electrons. The second-order valence-corrected chi connectivity index (χ2v) is 9.40. The zero-order valence-electron chi connectivity index (χ0n) is 17.2. The van der Waals surface area contributed by atoms with Crippen molar-refractivity contribution in [1.82, 2.24) is 15.2 Å². The number of aromatic nitrogens is 1. The highest BCUT2D eigenvalue weighted by atomic mass is 32.2. The molecule has 1 fully saturated rings. The van der Waals surface area contributed by atoms with Crippen molar-refractivity contribution in [3.8, 4) is 0 Å². The lowest BCUT2D eigenvalue weighted by atomic mass is 10.1. The Balaban J connectivity index is 1.44. The smallest absolute Gasteiger partial charge is 0.235 e. The fraction of sp³-hybridized carbons (Fsp3) is 0.429. The summed E-state index contributed by atoms with van der Waals surface area (Å²) in [5, 5.41) is 12.4. The van der Waals surface area contributed by atoms with Crippen molar-refractivity contribution < 1.29 is 27.5 Å². The third-order valence-corrected chi connectivity index (χ3v) is 6.12. The van der Waals surface area contributed by atoms with E-state index in [-0.39, 0.29) is 23.8 Å². The monoisotopic (exact) mass is 449 g/mol. The number of sulfone groups is 1. The lowest BCUT2D eigenvalue weighted by Crippen LogP contribution is -2.35. The number of hydrogen-bond acceptors (Lipinski definition) is 8. The molecule has 2 aromatic heterocycles. The molecule has 31 heavy (non-hydrogen) atoms. The van der Waals surface area contributed by atoms with E-state index in [1.165, 1.54) is 12.3 Å². The number of pyridine rings is 1. The van der Waals surface area contributed by atoms with Gasteiger partial charge in [0, 0.05) is 37.9 Å². The number of morpholine rings is 1. The first-order valence-electron chi connectivity index (χ1n) is 10.0. The SMILES string of the molecule is O=C(CS(=O)(=O)Cc1ccco1)NCC(O)=CCc1cc(CN2CCOCC2)ccn1. The molecule has 9 nitrogen and oxygen atoms in total. The number of nitrogens with one attached hydrogen (secondary N) is 1. The van der Waals surface area contributed by atoms with Gasteiger partial charge in [-0.25, -0.2) is 8.42 Å². The molecule has 2 N–H and O–H groups in total. The van der Waals surface area contributed by atoms with Crippen molar-refractivity contribution in [2.45, 2.75) is 18.7 Å². The summed E-state index contributed by atoms with van der Waals surface area (Å²) in [6.07, 6.45) is 5.07. The Bertz CT molecular complexity index is 982. The van der Waals surface area contributed by atoms with E-state index in [9.17, 15) is 18.3 Å². The number of allylic oxidation sites excluding steroid dienone is 1. The van der Waals surface area contributed by atoms with Gasteiger partial charge in [-0.15, -0.1) is 0 Å². The quantitative estimate of drug-likeness (QED) is 0.519. The first kappa shape index (κ1) is 23.0. The van der Waals surface area contributed by atoms with E-state index < -0.39 is 21.5 Å². The van der Waals surface area contributed by atoms with Crippen LogP contribution in [0.5, 0.6) is 0 Å². The van der Waals surface area contributed by atoms with Gasteiger partial charge in [-0.3, -0.25) is 14.7 Å². The van der Waals surface area contributed by atoms with Crippen LogP contribution in [-0.2, 0) is 38.1 Å². The molecule has 0 bridgehead atoms. The Labute approximate surface area is 181 Å². The van der Waals surface area contributed by atoms with Gasteiger partial charge in [0.15, 0.2) is 9.84 Å². The number of nitrogens with zero attached hydrogens (tertiary/aromatic N) is 2. The highest BCUT2D eigenvalue weighted by Gasteiger charge is 2.19. The summed E-state index contributed by atoms with van der Waals surface area (Å²) < 4.78 is 34.4. The average Bonchev–Trinajstić information content (AvgIpc) is 3.23. The topological polar surface area (TPSA) is 122 Å².